The second kappa shape index (κ2) is 10.9. The third-order valence-electron chi connectivity index (χ3n) is 3.99. The van der Waals surface area contributed by atoms with Crippen LogP contribution in [0, 0.1) is 6.92 Å². The molecule has 4 N–H and O–H groups in total. The molecule has 0 fully saturated rings. The van der Waals surface area contributed by atoms with E-state index < -0.39 is 5.91 Å². The molecule has 0 aliphatic heterocycles. The molecule has 0 saturated carbocycles. The van der Waals surface area contributed by atoms with E-state index >= 15 is 0 Å². The number of primary amides is 1. The van der Waals surface area contributed by atoms with Gasteiger partial charge < -0.3 is 25.8 Å². The highest BCUT2D eigenvalue weighted by Gasteiger charge is 2.08. The van der Waals surface area contributed by atoms with Crippen LogP contribution in [-0.2, 0) is 17.9 Å². The number of nitrogens with one attached hydrogen (secondary N) is 2. The van der Waals surface area contributed by atoms with Crippen LogP contribution in [0.2, 0.25) is 0 Å². The van der Waals surface area contributed by atoms with E-state index in [2.05, 4.69) is 27.8 Å². The number of hydrogen-bond donors (Lipinski definition) is 3. The fourth-order valence-corrected chi connectivity index (χ4v) is 2.66. The first-order valence-electron chi connectivity index (χ1n) is 9.58. The van der Waals surface area contributed by atoms with Gasteiger partial charge in [0.25, 0.3) is 5.91 Å². The first-order chi connectivity index (χ1) is 13.9. The van der Waals surface area contributed by atoms with Crippen molar-refractivity contribution in [2.45, 2.75) is 40.0 Å². The smallest absolute Gasteiger partial charge is 0.255 e. The minimum Gasteiger partial charge on any atom is -0.491 e. The minimum absolute atomic E-state index is 0.108. The molecule has 29 heavy (non-hydrogen) atoms. The van der Waals surface area contributed by atoms with Gasteiger partial charge in [0.1, 0.15) is 11.5 Å². The monoisotopic (exact) mass is 398 g/mol. The van der Waals surface area contributed by atoms with Crippen molar-refractivity contribution in [2.24, 2.45) is 10.7 Å². The Hall–Kier alpha value is -3.22. The molecule has 1 amide bonds. The molecule has 156 valence electrons. The predicted octanol–water partition coefficient (Wildman–Crippen LogP) is 2.51. The second-order valence-electron chi connectivity index (χ2n) is 6.96. The summed E-state index contributed by atoms with van der Waals surface area (Å²) >= 11 is 0. The van der Waals surface area contributed by atoms with E-state index in [0.29, 0.717) is 24.8 Å². The van der Waals surface area contributed by atoms with Crippen LogP contribution in [0.25, 0.3) is 0 Å². The average Bonchev–Trinajstić information content (AvgIpc) is 2.67. The summed E-state index contributed by atoms with van der Waals surface area (Å²) in [5, 5.41) is 6.58. The number of aryl methyl sites for hydroxylation is 1. The molecule has 0 radical (unpaired) electrons. The fourth-order valence-electron chi connectivity index (χ4n) is 2.66. The highest BCUT2D eigenvalue weighted by Crippen LogP contribution is 2.21. The van der Waals surface area contributed by atoms with Gasteiger partial charge in [-0.2, -0.15) is 0 Å². The summed E-state index contributed by atoms with van der Waals surface area (Å²) in [6, 6.07) is 13.7. The lowest BCUT2D eigenvalue weighted by molar-refractivity contribution is -0.119. The van der Waals surface area contributed by atoms with E-state index in [1.807, 2.05) is 45.0 Å². The molecule has 0 aromatic heterocycles. The van der Waals surface area contributed by atoms with Gasteiger partial charge >= 0.3 is 0 Å². The van der Waals surface area contributed by atoms with Crippen LogP contribution >= 0.6 is 0 Å². The fraction of sp³-hybridized carbons (Fsp3) is 0.364. The molecule has 2 aromatic carbocycles. The van der Waals surface area contributed by atoms with Crippen molar-refractivity contribution in [3.8, 4) is 11.5 Å². The van der Waals surface area contributed by atoms with Crippen molar-refractivity contribution in [1.82, 2.24) is 10.6 Å². The number of guanidine groups is 1. The highest BCUT2D eigenvalue weighted by molar-refractivity contribution is 5.79. The summed E-state index contributed by atoms with van der Waals surface area (Å²) in [6.45, 7) is 7.08. The van der Waals surface area contributed by atoms with Crippen molar-refractivity contribution in [3.05, 3.63) is 59.2 Å². The molecule has 2 rings (SSSR count). The molecule has 7 heteroatoms. The normalized spacial score (nSPS) is 11.3. The highest BCUT2D eigenvalue weighted by atomic mass is 16.5. The maximum Gasteiger partial charge on any atom is 0.255 e. The lowest BCUT2D eigenvalue weighted by atomic mass is 10.1. The molecule has 0 aliphatic carbocycles. The van der Waals surface area contributed by atoms with Crippen LogP contribution in [0.15, 0.2) is 47.5 Å². The predicted molar refractivity (Wildman–Crippen MR) is 115 cm³/mol. The molecule has 0 aliphatic rings. The summed E-state index contributed by atoms with van der Waals surface area (Å²) < 4.78 is 11.3. The number of carbonyl (C=O) groups is 1. The summed E-state index contributed by atoms with van der Waals surface area (Å²) in [6.07, 6.45) is 0.108. The van der Waals surface area contributed by atoms with Gasteiger partial charge in [-0.3, -0.25) is 9.79 Å². The number of amides is 1. The van der Waals surface area contributed by atoms with Gasteiger partial charge in [0, 0.05) is 25.7 Å². The van der Waals surface area contributed by atoms with E-state index in [1.165, 1.54) is 0 Å². The van der Waals surface area contributed by atoms with Crippen LogP contribution in [0.3, 0.4) is 0 Å². The van der Waals surface area contributed by atoms with Crippen molar-refractivity contribution < 1.29 is 14.3 Å². The van der Waals surface area contributed by atoms with E-state index in [4.69, 9.17) is 15.2 Å². The second-order valence-corrected chi connectivity index (χ2v) is 6.96. The number of nitrogens with two attached hydrogens (primary N) is 1. The largest absolute Gasteiger partial charge is 0.491 e. The van der Waals surface area contributed by atoms with Gasteiger partial charge in [-0.05, 0) is 50.1 Å². The zero-order chi connectivity index (χ0) is 21.2. The van der Waals surface area contributed by atoms with Crippen molar-refractivity contribution >= 4 is 11.9 Å². The number of ether oxygens (including phenoxy) is 2. The molecular formula is C22H30N4O3. The Morgan fingerprint density at radius 1 is 1.14 bits per heavy atom. The van der Waals surface area contributed by atoms with Crippen LogP contribution in [0.5, 0.6) is 11.5 Å². The van der Waals surface area contributed by atoms with Crippen molar-refractivity contribution in [3.63, 3.8) is 0 Å². The van der Waals surface area contributed by atoms with Gasteiger partial charge in [0.2, 0.25) is 0 Å². The molecule has 0 bridgehead atoms. The topological polar surface area (TPSA) is 98.0 Å². The average molecular weight is 399 g/mol. The first-order valence-corrected chi connectivity index (χ1v) is 9.58. The molecule has 7 nitrogen and oxygen atoms in total. The third kappa shape index (κ3) is 7.73. The number of rotatable bonds is 9. The quantitative estimate of drug-likeness (QED) is 0.445. The van der Waals surface area contributed by atoms with Crippen LogP contribution < -0.4 is 25.8 Å². The minimum atomic E-state index is -0.505. The Morgan fingerprint density at radius 2 is 1.90 bits per heavy atom. The van der Waals surface area contributed by atoms with Crippen molar-refractivity contribution in [2.75, 3.05) is 13.7 Å². The Labute approximate surface area is 172 Å². The molecule has 0 spiro atoms. The van der Waals surface area contributed by atoms with Crippen LogP contribution in [-0.4, -0.2) is 31.6 Å². The van der Waals surface area contributed by atoms with Gasteiger partial charge in [-0.1, -0.05) is 24.3 Å². The molecule has 0 atom stereocenters. The zero-order valence-electron chi connectivity index (χ0n) is 17.5. The summed E-state index contributed by atoms with van der Waals surface area (Å²) in [4.78, 5) is 15.1. The van der Waals surface area contributed by atoms with E-state index in [1.54, 1.807) is 13.1 Å². The van der Waals surface area contributed by atoms with Crippen LogP contribution in [0.1, 0.15) is 30.5 Å². The Balaban J connectivity index is 1.94. The van der Waals surface area contributed by atoms with Gasteiger partial charge in [0.15, 0.2) is 12.6 Å². The number of nitrogens with zero attached hydrogens (tertiary/aromatic N) is 1. The SMILES string of the molecule is CN=C(NCc1cccc(OCC(N)=O)c1)NCc1ccc(C)cc1OC(C)C. The lowest BCUT2D eigenvalue weighted by Gasteiger charge is -2.17. The number of carbonyl (C=O) groups excluding carboxylic acids is 1. The van der Waals surface area contributed by atoms with Crippen molar-refractivity contribution in [1.29, 1.82) is 0 Å². The number of hydrogen-bond acceptors (Lipinski definition) is 4. The Morgan fingerprint density at radius 3 is 2.59 bits per heavy atom. The summed E-state index contributed by atoms with van der Waals surface area (Å²) in [5.74, 6) is 1.64. The van der Waals surface area contributed by atoms with E-state index in [0.717, 1.165) is 22.4 Å². The standard InChI is InChI=1S/C22H30N4O3/c1-15(2)29-20-10-16(3)8-9-18(20)13-26-22(24-4)25-12-17-6-5-7-19(11-17)28-14-21(23)27/h5-11,15H,12-14H2,1-4H3,(H2,23,27)(H2,24,25,26). The molecule has 2 aromatic rings. The molecular weight excluding hydrogens is 368 g/mol. The molecule has 0 unspecified atom stereocenters. The number of aliphatic imine (C=N–C) groups is 1. The maximum atomic E-state index is 10.9. The summed E-state index contributed by atoms with van der Waals surface area (Å²) in [5.41, 5.74) is 8.33. The summed E-state index contributed by atoms with van der Waals surface area (Å²) in [7, 11) is 1.72. The Kier molecular flexibility index (Phi) is 8.33. The molecule has 0 heterocycles. The first kappa shape index (κ1) is 22.1. The third-order valence-corrected chi connectivity index (χ3v) is 3.99. The number of benzene rings is 2. The Bertz CT molecular complexity index is 850. The van der Waals surface area contributed by atoms with Gasteiger partial charge in [-0.25, -0.2) is 0 Å². The van der Waals surface area contributed by atoms with E-state index in [9.17, 15) is 4.79 Å². The zero-order valence-corrected chi connectivity index (χ0v) is 17.5. The van der Waals surface area contributed by atoms with Gasteiger partial charge in [-0.15, -0.1) is 0 Å². The maximum absolute atomic E-state index is 10.9. The lowest BCUT2D eigenvalue weighted by Crippen LogP contribution is -2.36. The van der Waals surface area contributed by atoms with Crippen LogP contribution in [0.4, 0.5) is 0 Å². The molecule has 0 saturated heterocycles. The van der Waals surface area contributed by atoms with E-state index in [-0.39, 0.29) is 12.7 Å². The van der Waals surface area contributed by atoms with Gasteiger partial charge in [0.05, 0.1) is 6.10 Å².